The third kappa shape index (κ3) is 6.38. The van der Waals surface area contributed by atoms with Gasteiger partial charge in [0.15, 0.2) is 0 Å². The van der Waals surface area contributed by atoms with Gasteiger partial charge in [0.05, 0.1) is 6.54 Å². The topological polar surface area (TPSA) is 52.7 Å². The molecule has 2 rings (SSSR count). The zero-order chi connectivity index (χ0) is 18.4. The average Bonchev–Trinajstić information content (AvgIpc) is 2.77. The van der Waals surface area contributed by atoms with Crippen LogP contribution in [0, 0.1) is 6.92 Å². The SMILES string of the molecule is Cc1cccc(C(=O)N2CCCN(CC(=O)NCC(F)(F)F)CC2)c1. The van der Waals surface area contributed by atoms with Gasteiger partial charge in [-0.15, -0.1) is 0 Å². The predicted octanol–water partition coefficient (Wildman–Crippen LogP) is 1.82. The number of nitrogens with zero attached hydrogens (tertiary/aromatic N) is 2. The molecule has 0 radical (unpaired) electrons. The number of carbonyl (C=O) groups is 2. The molecule has 1 saturated heterocycles. The highest BCUT2D eigenvalue weighted by Gasteiger charge is 2.28. The summed E-state index contributed by atoms with van der Waals surface area (Å²) < 4.78 is 36.4. The van der Waals surface area contributed by atoms with Crippen LogP contribution >= 0.6 is 0 Å². The molecular formula is C17H22F3N3O2. The average molecular weight is 357 g/mol. The summed E-state index contributed by atoms with van der Waals surface area (Å²) in [7, 11) is 0. The Kier molecular flexibility index (Phi) is 6.41. The number of nitrogens with one attached hydrogen (secondary N) is 1. The molecule has 0 unspecified atom stereocenters. The van der Waals surface area contributed by atoms with Crippen molar-refractivity contribution < 1.29 is 22.8 Å². The van der Waals surface area contributed by atoms with E-state index in [4.69, 9.17) is 0 Å². The van der Waals surface area contributed by atoms with E-state index in [1.807, 2.05) is 30.4 Å². The van der Waals surface area contributed by atoms with Crippen LogP contribution in [0.5, 0.6) is 0 Å². The van der Waals surface area contributed by atoms with E-state index in [-0.39, 0.29) is 12.5 Å². The third-order valence-electron chi connectivity index (χ3n) is 3.99. The van der Waals surface area contributed by atoms with Gasteiger partial charge in [0.2, 0.25) is 5.91 Å². The molecule has 0 atom stereocenters. The molecule has 1 fully saturated rings. The van der Waals surface area contributed by atoms with Gasteiger partial charge in [-0.3, -0.25) is 14.5 Å². The molecule has 0 saturated carbocycles. The van der Waals surface area contributed by atoms with E-state index >= 15 is 0 Å². The Hall–Kier alpha value is -2.09. The Morgan fingerprint density at radius 2 is 1.92 bits per heavy atom. The second kappa shape index (κ2) is 8.33. The first-order valence-electron chi connectivity index (χ1n) is 8.16. The summed E-state index contributed by atoms with van der Waals surface area (Å²) in [6, 6.07) is 7.34. The molecule has 5 nitrogen and oxygen atoms in total. The lowest BCUT2D eigenvalue weighted by atomic mass is 10.1. The second-order valence-electron chi connectivity index (χ2n) is 6.18. The lowest BCUT2D eigenvalue weighted by Crippen LogP contribution is -2.42. The van der Waals surface area contributed by atoms with Crippen molar-refractivity contribution in [2.24, 2.45) is 0 Å². The summed E-state index contributed by atoms with van der Waals surface area (Å²) in [5, 5.41) is 1.87. The van der Waals surface area contributed by atoms with Crippen molar-refractivity contribution in [3.05, 3.63) is 35.4 Å². The van der Waals surface area contributed by atoms with Gasteiger partial charge in [0.25, 0.3) is 5.91 Å². The number of alkyl halides is 3. The van der Waals surface area contributed by atoms with E-state index in [1.165, 1.54) is 0 Å². The van der Waals surface area contributed by atoms with Gasteiger partial charge in [0, 0.05) is 31.7 Å². The van der Waals surface area contributed by atoms with E-state index < -0.39 is 18.6 Å². The van der Waals surface area contributed by atoms with Crippen molar-refractivity contribution in [3.63, 3.8) is 0 Å². The van der Waals surface area contributed by atoms with Gasteiger partial charge >= 0.3 is 6.18 Å². The van der Waals surface area contributed by atoms with Crippen molar-refractivity contribution in [3.8, 4) is 0 Å². The van der Waals surface area contributed by atoms with Gasteiger partial charge in [-0.05, 0) is 25.5 Å². The van der Waals surface area contributed by atoms with Gasteiger partial charge in [-0.2, -0.15) is 13.2 Å². The van der Waals surface area contributed by atoms with Gasteiger partial charge in [-0.1, -0.05) is 17.7 Å². The molecule has 1 aliphatic rings. The fraction of sp³-hybridized carbons (Fsp3) is 0.529. The highest BCUT2D eigenvalue weighted by atomic mass is 19.4. The normalized spacial score (nSPS) is 16.4. The second-order valence-corrected chi connectivity index (χ2v) is 6.18. The lowest BCUT2D eigenvalue weighted by molar-refractivity contribution is -0.139. The third-order valence-corrected chi connectivity index (χ3v) is 3.99. The predicted molar refractivity (Wildman–Crippen MR) is 87.2 cm³/mol. The Morgan fingerprint density at radius 3 is 2.60 bits per heavy atom. The highest BCUT2D eigenvalue weighted by Crippen LogP contribution is 2.13. The molecule has 2 amide bonds. The Morgan fingerprint density at radius 1 is 1.16 bits per heavy atom. The first kappa shape index (κ1) is 19.2. The van der Waals surface area contributed by atoms with Crippen molar-refractivity contribution in [1.29, 1.82) is 0 Å². The van der Waals surface area contributed by atoms with E-state index in [2.05, 4.69) is 0 Å². The van der Waals surface area contributed by atoms with Gasteiger partial charge in [0.1, 0.15) is 6.54 Å². The summed E-state index contributed by atoms with van der Waals surface area (Å²) in [4.78, 5) is 27.7. The minimum Gasteiger partial charge on any atom is -0.346 e. The monoisotopic (exact) mass is 357 g/mol. The molecule has 1 aromatic rings. The molecule has 0 bridgehead atoms. The highest BCUT2D eigenvalue weighted by molar-refractivity contribution is 5.94. The first-order valence-corrected chi connectivity index (χ1v) is 8.16. The maximum absolute atomic E-state index is 12.5. The molecule has 1 N–H and O–H groups in total. The van der Waals surface area contributed by atoms with Crippen LogP contribution in [0.2, 0.25) is 0 Å². The summed E-state index contributed by atoms with van der Waals surface area (Å²) in [6.45, 7) is 2.53. The standard InChI is InChI=1S/C17H22F3N3O2/c1-13-4-2-5-14(10-13)16(25)23-7-3-6-22(8-9-23)11-15(24)21-12-17(18,19)20/h2,4-5,10H,3,6-9,11-12H2,1H3,(H,21,24). The summed E-state index contributed by atoms with van der Waals surface area (Å²) >= 11 is 0. The largest absolute Gasteiger partial charge is 0.405 e. The van der Waals surface area contributed by atoms with Crippen LogP contribution in [0.25, 0.3) is 0 Å². The number of carbonyl (C=O) groups excluding carboxylic acids is 2. The van der Waals surface area contributed by atoms with Crippen molar-refractivity contribution in [1.82, 2.24) is 15.1 Å². The number of benzene rings is 1. The summed E-state index contributed by atoms with van der Waals surface area (Å²) in [6.07, 6.45) is -3.74. The zero-order valence-electron chi connectivity index (χ0n) is 14.1. The molecular weight excluding hydrogens is 335 g/mol. The van der Waals surface area contributed by atoms with Crippen LogP contribution in [0.15, 0.2) is 24.3 Å². The maximum Gasteiger partial charge on any atom is 0.405 e. The molecule has 0 spiro atoms. The molecule has 1 aromatic carbocycles. The van der Waals surface area contributed by atoms with Crippen molar-refractivity contribution >= 4 is 11.8 Å². The lowest BCUT2D eigenvalue weighted by Gasteiger charge is -2.22. The number of aryl methyl sites for hydroxylation is 1. The van der Waals surface area contributed by atoms with E-state index in [9.17, 15) is 22.8 Å². The smallest absolute Gasteiger partial charge is 0.346 e. The number of halogens is 3. The molecule has 8 heteroatoms. The van der Waals surface area contributed by atoms with Crippen LogP contribution in [0.4, 0.5) is 13.2 Å². The Bertz CT molecular complexity index is 619. The van der Waals surface area contributed by atoms with E-state index in [0.717, 1.165) is 5.56 Å². The minimum absolute atomic E-state index is 0.0629. The van der Waals surface area contributed by atoms with Crippen LogP contribution in [-0.4, -0.2) is 67.1 Å². The Labute approximate surface area is 144 Å². The fourth-order valence-corrected chi connectivity index (χ4v) is 2.75. The quantitative estimate of drug-likeness (QED) is 0.894. The number of rotatable bonds is 4. The first-order chi connectivity index (χ1) is 11.7. The number of hydrogen-bond donors (Lipinski definition) is 1. The van der Waals surface area contributed by atoms with Crippen LogP contribution in [0.1, 0.15) is 22.3 Å². The number of hydrogen-bond acceptors (Lipinski definition) is 3. The summed E-state index contributed by atoms with van der Waals surface area (Å²) in [5.41, 5.74) is 1.63. The number of amides is 2. The zero-order valence-corrected chi connectivity index (χ0v) is 14.1. The Balaban J connectivity index is 1.85. The molecule has 0 aromatic heterocycles. The van der Waals surface area contributed by atoms with Crippen LogP contribution in [-0.2, 0) is 4.79 Å². The van der Waals surface area contributed by atoms with Crippen LogP contribution in [0.3, 0.4) is 0 Å². The molecule has 1 aliphatic heterocycles. The maximum atomic E-state index is 12.5. The van der Waals surface area contributed by atoms with Crippen molar-refractivity contribution in [2.75, 3.05) is 39.3 Å². The van der Waals surface area contributed by atoms with E-state index in [0.29, 0.717) is 38.2 Å². The minimum atomic E-state index is -4.41. The van der Waals surface area contributed by atoms with Gasteiger partial charge in [-0.25, -0.2) is 0 Å². The van der Waals surface area contributed by atoms with E-state index in [1.54, 1.807) is 15.9 Å². The fourth-order valence-electron chi connectivity index (χ4n) is 2.75. The van der Waals surface area contributed by atoms with Gasteiger partial charge < -0.3 is 10.2 Å². The molecule has 25 heavy (non-hydrogen) atoms. The molecule has 0 aliphatic carbocycles. The summed E-state index contributed by atoms with van der Waals surface area (Å²) in [5.74, 6) is -0.720. The van der Waals surface area contributed by atoms with Crippen molar-refractivity contribution in [2.45, 2.75) is 19.5 Å². The van der Waals surface area contributed by atoms with Crippen LogP contribution < -0.4 is 5.32 Å². The molecule has 1 heterocycles. The molecule has 138 valence electrons.